The van der Waals surface area contributed by atoms with Gasteiger partial charge in [0.2, 0.25) is 0 Å². The Labute approximate surface area is 197 Å². The minimum atomic E-state index is -0.287. The van der Waals surface area contributed by atoms with E-state index in [2.05, 4.69) is 32.0 Å². The number of benzene rings is 3. The van der Waals surface area contributed by atoms with Crippen molar-refractivity contribution >= 4 is 38.5 Å². The lowest BCUT2D eigenvalue weighted by atomic mass is 10.1. The Morgan fingerprint density at radius 2 is 1.73 bits per heavy atom. The smallest absolute Gasteiger partial charge is 0.259 e. The maximum atomic E-state index is 12.5. The van der Waals surface area contributed by atoms with E-state index in [9.17, 15) is 10.1 Å². The van der Waals surface area contributed by atoms with E-state index in [-0.39, 0.29) is 17.0 Å². The van der Waals surface area contributed by atoms with Crippen LogP contribution in [-0.2, 0) is 0 Å². The molecule has 0 unspecified atom stereocenters. The number of nitrogens with zero attached hydrogens (tertiary/aromatic N) is 4. The van der Waals surface area contributed by atoms with Crippen molar-refractivity contribution in [3.8, 4) is 23.0 Å². The van der Waals surface area contributed by atoms with E-state index in [1.165, 1.54) is 0 Å². The fraction of sp³-hybridized carbons (Fsp3) is 0. The van der Waals surface area contributed by atoms with Gasteiger partial charge >= 0.3 is 0 Å². The van der Waals surface area contributed by atoms with Crippen molar-refractivity contribution in [2.24, 2.45) is 0 Å². The van der Waals surface area contributed by atoms with Crippen LogP contribution in [-0.4, -0.2) is 19.7 Å². The van der Waals surface area contributed by atoms with Crippen LogP contribution >= 0.6 is 15.9 Å². The molecule has 0 atom stereocenters. The number of rotatable bonds is 4. The summed E-state index contributed by atoms with van der Waals surface area (Å²) in [6.45, 7) is 0. The van der Waals surface area contributed by atoms with Crippen molar-refractivity contribution < 1.29 is 0 Å². The quantitative estimate of drug-likeness (QED) is 0.330. The van der Waals surface area contributed by atoms with Crippen molar-refractivity contribution in [2.45, 2.75) is 0 Å². The van der Waals surface area contributed by atoms with E-state index < -0.39 is 0 Å². The first-order valence-electron chi connectivity index (χ1n) is 10.1. The number of hydrogen-bond acceptors (Lipinski definition) is 4. The number of para-hydroxylation sites is 2. The molecule has 2 heterocycles. The molecule has 0 radical (unpaired) electrons. The number of aromatic nitrogens is 4. The van der Waals surface area contributed by atoms with Gasteiger partial charge in [0.15, 0.2) is 5.82 Å². The third-order valence-corrected chi connectivity index (χ3v) is 5.70. The fourth-order valence-corrected chi connectivity index (χ4v) is 3.83. The van der Waals surface area contributed by atoms with Gasteiger partial charge in [-0.15, -0.1) is 0 Å². The second-order valence-electron chi connectivity index (χ2n) is 7.32. The first kappa shape index (κ1) is 20.6. The summed E-state index contributed by atoms with van der Waals surface area (Å²) in [5, 5.41) is 15.2. The first-order valence-corrected chi connectivity index (χ1v) is 10.9. The van der Waals surface area contributed by atoms with Gasteiger partial charge < -0.3 is 4.98 Å². The second kappa shape index (κ2) is 8.69. The van der Waals surface area contributed by atoms with E-state index in [1.54, 1.807) is 29.0 Å². The molecule has 6 nitrogen and oxygen atoms in total. The van der Waals surface area contributed by atoms with Crippen molar-refractivity contribution in [1.29, 1.82) is 5.26 Å². The van der Waals surface area contributed by atoms with Gasteiger partial charge in [0.1, 0.15) is 6.07 Å². The molecule has 0 bridgehead atoms. The van der Waals surface area contributed by atoms with Crippen LogP contribution < -0.4 is 5.56 Å². The van der Waals surface area contributed by atoms with E-state index in [0.29, 0.717) is 16.6 Å². The fourth-order valence-electron chi connectivity index (χ4n) is 3.56. The molecule has 33 heavy (non-hydrogen) atoms. The summed E-state index contributed by atoms with van der Waals surface area (Å²) in [4.78, 5) is 19.8. The third-order valence-electron chi connectivity index (χ3n) is 5.17. The Morgan fingerprint density at radius 3 is 2.48 bits per heavy atom. The summed E-state index contributed by atoms with van der Waals surface area (Å²) in [5.74, 6) is 0.218. The highest BCUT2D eigenvalue weighted by atomic mass is 79.9. The lowest BCUT2D eigenvalue weighted by Gasteiger charge is -2.03. The van der Waals surface area contributed by atoms with Crippen LogP contribution in [0.25, 0.3) is 39.5 Å². The molecule has 0 fully saturated rings. The Kier molecular flexibility index (Phi) is 5.43. The lowest BCUT2D eigenvalue weighted by Crippen LogP contribution is -2.11. The van der Waals surface area contributed by atoms with Gasteiger partial charge in [0.05, 0.1) is 27.9 Å². The highest BCUT2D eigenvalue weighted by Crippen LogP contribution is 2.28. The van der Waals surface area contributed by atoms with Crippen molar-refractivity contribution in [2.75, 3.05) is 0 Å². The topological polar surface area (TPSA) is 87.4 Å². The van der Waals surface area contributed by atoms with Gasteiger partial charge in [0, 0.05) is 21.8 Å². The first-order chi connectivity index (χ1) is 16.1. The number of fused-ring (bicyclic) bond motifs is 1. The van der Waals surface area contributed by atoms with Gasteiger partial charge in [-0.2, -0.15) is 10.4 Å². The van der Waals surface area contributed by atoms with Gasteiger partial charge in [0.25, 0.3) is 5.56 Å². The average Bonchev–Trinajstić information content (AvgIpc) is 3.27. The number of aromatic amines is 1. The van der Waals surface area contributed by atoms with Crippen LogP contribution in [0.4, 0.5) is 0 Å². The summed E-state index contributed by atoms with van der Waals surface area (Å²) in [7, 11) is 0. The zero-order valence-electron chi connectivity index (χ0n) is 17.2. The molecule has 5 rings (SSSR count). The number of allylic oxidation sites excluding steroid dienone is 1. The number of hydrogen-bond donors (Lipinski definition) is 1. The molecule has 158 valence electrons. The number of halogens is 1. The van der Waals surface area contributed by atoms with E-state index in [1.807, 2.05) is 66.9 Å². The molecule has 0 aliphatic heterocycles. The Balaban J connectivity index is 1.68. The standard InChI is InChI=1S/C26H16BrN5O/c27-20-12-10-17(11-13-20)24-19(16-32(31-24)21-6-2-1-3-7-21)14-18(15-28)25-29-23-9-5-4-8-22(23)26(33)30-25/h1-14,16H,(H,29,30,33)/b18-14+. The third kappa shape index (κ3) is 4.12. The van der Waals surface area contributed by atoms with Crippen LogP contribution in [0.5, 0.6) is 0 Å². The highest BCUT2D eigenvalue weighted by Gasteiger charge is 2.14. The second-order valence-corrected chi connectivity index (χ2v) is 8.24. The van der Waals surface area contributed by atoms with E-state index in [4.69, 9.17) is 5.10 Å². The molecule has 0 spiro atoms. The minimum absolute atomic E-state index is 0.218. The maximum absolute atomic E-state index is 12.5. The van der Waals surface area contributed by atoms with Crippen molar-refractivity contribution in [1.82, 2.24) is 19.7 Å². The summed E-state index contributed by atoms with van der Waals surface area (Å²) < 4.78 is 2.73. The predicted molar refractivity (Wildman–Crippen MR) is 133 cm³/mol. The highest BCUT2D eigenvalue weighted by molar-refractivity contribution is 9.10. The molecule has 7 heteroatoms. The maximum Gasteiger partial charge on any atom is 0.259 e. The molecule has 0 saturated carbocycles. The molecule has 0 saturated heterocycles. The van der Waals surface area contributed by atoms with Crippen LogP contribution in [0, 0.1) is 11.3 Å². The summed E-state index contributed by atoms with van der Waals surface area (Å²) in [6, 6.07) is 26.8. The normalized spacial score (nSPS) is 11.5. The van der Waals surface area contributed by atoms with Crippen LogP contribution in [0.3, 0.4) is 0 Å². The predicted octanol–water partition coefficient (Wildman–Crippen LogP) is 5.60. The molecular formula is C26H16BrN5O. The number of H-pyrrole nitrogens is 1. The van der Waals surface area contributed by atoms with E-state index >= 15 is 0 Å². The monoisotopic (exact) mass is 493 g/mol. The summed E-state index contributed by atoms with van der Waals surface area (Å²) >= 11 is 3.46. The Hall–Kier alpha value is -4.28. The van der Waals surface area contributed by atoms with Gasteiger partial charge in [-0.25, -0.2) is 9.67 Å². The van der Waals surface area contributed by atoms with Gasteiger partial charge in [-0.3, -0.25) is 4.79 Å². The van der Waals surface area contributed by atoms with Crippen molar-refractivity contribution in [3.05, 3.63) is 111 Å². The average molecular weight is 494 g/mol. The van der Waals surface area contributed by atoms with E-state index in [0.717, 1.165) is 21.3 Å². The number of nitriles is 1. The van der Waals surface area contributed by atoms with Crippen LogP contribution in [0.15, 0.2) is 94.3 Å². The van der Waals surface area contributed by atoms with Gasteiger partial charge in [-0.1, -0.05) is 58.4 Å². The molecular weight excluding hydrogens is 478 g/mol. The lowest BCUT2D eigenvalue weighted by molar-refractivity contribution is 0.884. The molecule has 0 aliphatic carbocycles. The molecule has 1 N–H and O–H groups in total. The van der Waals surface area contributed by atoms with Crippen LogP contribution in [0.1, 0.15) is 11.4 Å². The molecule has 0 aliphatic rings. The molecule has 3 aromatic carbocycles. The van der Waals surface area contributed by atoms with Crippen LogP contribution in [0.2, 0.25) is 0 Å². The SMILES string of the molecule is N#C/C(=C\c1cn(-c2ccccc2)nc1-c1ccc(Br)cc1)c1nc2ccccc2c(=O)[nH]1. The van der Waals surface area contributed by atoms with Gasteiger partial charge in [-0.05, 0) is 42.5 Å². The Morgan fingerprint density at radius 1 is 1.00 bits per heavy atom. The zero-order chi connectivity index (χ0) is 22.8. The summed E-state index contributed by atoms with van der Waals surface area (Å²) in [5.41, 5.74) is 3.72. The number of nitrogens with one attached hydrogen (secondary N) is 1. The molecule has 5 aromatic rings. The summed E-state index contributed by atoms with van der Waals surface area (Å²) in [6.07, 6.45) is 3.57. The Bertz CT molecular complexity index is 1590. The zero-order valence-corrected chi connectivity index (χ0v) is 18.8. The molecule has 2 aromatic heterocycles. The molecule has 0 amide bonds. The van der Waals surface area contributed by atoms with Crippen molar-refractivity contribution in [3.63, 3.8) is 0 Å². The largest absolute Gasteiger partial charge is 0.305 e. The minimum Gasteiger partial charge on any atom is -0.305 e.